The zero-order valence-corrected chi connectivity index (χ0v) is 14.6. The van der Waals surface area contributed by atoms with Crippen molar-refractivity contribution in [3.05, 3.63) is 35.5 Å². The lowest BCUT2D eigenvalue weighted by Gasteiger charge is -2.28. The molecule has 1 aromatic heterocycles. The summed E-state index contributed by atoms with van der Waals surface area (Å²) in [7, 11) is 0. The number of aldehydes is 1. The molecule has 2 rings (SSSR count). The van der Waals surface area contributed by atoms with Gasteiger partial charge in [-0.05, 0) is 48.6 Å². The Morgan fingerprint density at radius 1 is 1.38 bits per heavy atom. The summed E-state index contributed by atoms with van der Waals surface area (Å²) < 4.78 is 4.19. The third-order valence-corrected chi connectivity index (χ3v) is 4.39. The number of carbonyl (C=O) groups is 2. The Morgan fingerprint density at radius 3 is 2.58 bits per heavy atom. The molecule has 0 aliphatic heterocycles. The van der Waals surface area contributed by atoms with E-state index in [9.17, 15) is 9.59 Å². The number of primary amides is 1. The summed E-state index contributed by atoms with van der Waals surface area (Å²) in [6, 6.07) is 6.36. The van der Waals surface area contributed by atoms with Gasteiger partial charge in [-0.3, -0.25) is 4.79 Å². The summed E-state index contributed by atoms with van der Waals surface area (Å²) in [6.07, 6.45) is 0.812. The van der Waals surface area contributed by atoms with Crippen molar-refractivity contribution in [1.29, 1.82) is 0 Å². The van der Waals surface area contributed by atoms with Crippen molar-refractivity contribution in [2.75, 3.05) is 10.3 Å². The fraction of sp³-hybridized carbons (Fsp3) is 0.312. The van der Waals surface area contributed by atoms with Crippen LogP contribution in [0.5, 0.6) is 0 Å². The van der Waals surface area contributed by atoms with Gasteiger partial charge in [-0.25, -0.2) is 5.84 Å². The van der Waals surface area contributed by atoms with Crippen molar-refractivity contribution in [2.45, 2.75) is 26.8 Å². The summed E-state index contributed by atoms with van der Waals surface area (Å²) in [6.45, 7) is 5.71. The highest BCUT2D eigenvalue weighted by molar-refractivity contribution is 7.10. The van der Waals surface area contributed by atoms with Gasteiger partial charge in [-0.1, -0.05) is 13.8 Å². The molecule has 0 saturated carbocycles. The third-order valence-electron chi connectivity index (χ3n) is 3.60. The van der Waals surface area contributed by atoms with E-state index < -0.39 is 11.9 Å². The molecule has 0 unspecified atom stereocenters. The van der Waals surface area contributed by atoms with Crippen LogP contribution < -0.4 is 21.9 Å². The van der Waals surface area contributed by atoms with Crippen LogP contribution >= 0.6 is 11.5 Å². The number of hydrogen-bond donors (Lipinski definition) is 3. The molecular weight excluding hydrogens is 326 g/mol. The minimum absolute atomic E-state index is 0.0453. The minimum Gasteiger partial charge on any atom is -0.366 e. The van der Waals surface area contributed by atoms with Crippen LogP contribution in [-0.2, 0) is 4.79 Å². The molecule has 0 fully saturated rings. The van der Waals surface area contributed by atoms with Gasteiger partial charge in [0.05, 0.1) is 22.6 Å². The Morgan fingerprint density at radius 2 is 2.08 bits per heavy atom. The first-order valence-corrected chi connectivity index (χ1v) is 8.24. The number of aryl methyl sites for hydroxylation is 1. The van der Waals surface area contributed by atoms with Crippen LogP contribution in [0.2, 0.25) is 0 Å². The van der Waals surface area contributed by atoms with Crippen LogP contribution in [-0.4, -0.2) is 22.6 Å². The predicted octanol–water partition coefficient (Wildman–Crippen LogP) is 2.20. The second kappa shape index (κ2) is 7.41. The van der Waals surface area contributed by atoms with Gasteiger partial charge in [0.2, 0.25) is 0 Å². The summed E-state index contributed by atoms with van der Waals surface area (Å²) in [4.78, 5) is 23.0. The number of rotatable bonds is 7. The molecular formula is C16H21N5O2S. The van der Waals surface area contributed by atoms with Crippen molar-refractivity contribution < 1.29 is 9.59 Å². The maximum Gasteiger partial charge on any atom is 0.250 e. The first kappa shape index (κ1) is 17.9. The normalized spacial score (nSPS) is 12.0. The molecule has 1 atom stereocenters. The number of aromatic nitrogens is 1. The molecule has 0 spiro atoms. The first-order chi connectivity index (χ1) is 11.3. The van der Waals surface area contributed by atoms with Crippen molar-refractivity contribution in [3.63, 3.8) is 0 Å². The molecule has 0 saturated heterocycles. The average molecular weight is 347 g/mol. The standard InChI is InChI=1S/C16H21N5O2S/c1-9(2)14(8-22)21(18)11-4-5-12(16(17)23)13(7-11)19-15-6-10(3)20-24-15/h4-9,14,19H,18H2,1-3H3,(H2,17,23)/t14-/m0/s1. The average Bonchev–Trinajstić information content (AvgIpc) is 2.92. The van der Waals surface area contributed by atoms with E-state index in [2.05, 4.69) is 9.69 Å². The van der Waals surface area contributed by atoms with Crippen LogP contribution in [0.1, 0.15) is 29.9 Å². The van der Waals surface area contributed by atoms with Gasteiger partial charge in [-0.15, -0.1) is 0 Å². The van der Waals surface area contributed by atoms with Gasteiger partial charge < -0.3 is 20.9 Å². The third kappa shape index (κ3) is 3.90. The van der Waals surface area contributed by atoms with Crippen molar-refractivity contribution in [2.24, 2.45) is 17.5 Å². The number of amides is 1. The summed E-state index contributed by atoms with van der Waals surface area (Å²) in [5.74, 6) is 5.59. The topological polar surface area (TPSA) is 114 Å². The molecule has 1 aromatic carbocycles. The van der Waals surface area contributed by atoms with Gasteiger partial charge in [0.1, 0.15) is 17.3 Å². The van der Waals surface area contributed by atoms with Gasteiger partial charge in [0.15, 0.2) is 0 Å². The van der Waals surface area contributed by atoms with Crippen molar-refractivity contribution >= 4 is 40.1 Å². The Kier molecular flexibility index (Phi) is 5.53. The Balaban J connectivity index is 2.40. The fourth-order valence-electron chi connectivity index (χ4n) is 2.28. The first-order valence-electron chi connectivity index (χ1n) is 7.47. The highest BCUT2D eigenvalue weighted by Crippen LogP contribution is 2.29. The van der Waals surface area contributed by atoms with E-state index >= 15 is 0 Å². The highest BCUT2D eigenvalue weighted by Gasteiger charge is 2.20. The van der Waals surface area contributed by atoms with Crippen molar-refractivity contribution in [1.82, 2.24) is 4.37 Å². The molecule has 1 heterocycles. The number of nitrogens with two attached hydrogens (primary N) is 2. The van der Waals surface area contributed by atoms with E-state index in [1.54, 1.807) is 18.2 Å². The summed E-state index contributed by atoms with van der Waals surface area (Å²) >= 11 is 1.28. The number of nitrogens with zero attached hydrogens (tertiary/aromatic N) is 2. The lowest BCUT2D eigenvalue weighted by atomic mass is 10.0. The molecule has 8 heteroatoms. The smallest absolute Gasteiger partial charge is 0.250 e. The van der Waals surface area contributed by atoms with E-state index in [1.165, 1.54) is 16.5 Å². The second-order valence-electron chi connectivity index (χ2n) is 5.83. The molecule has 128 valence electrons. The van der Waals surface area contributed by atoms with Gasteiger partial charge in [0.25, 0.3) is 5.91 Å². The summed E-state index contributed by atoms with van der Waals surface area (Å²) in [5.41, 5.74) is 7.78. The molecule has 0 bridgehead atoms. The number of hydrazine groups is 1. The van der Waals surface area contributed by atoms with Gasteiger partial charge in [0, 0.05) is 0 Å². The molecule has 2 aromatic rings. The van der Waals surface area contributed by atoms with Crippen molar-refractivity contribution in [3.8, 4) is 0 Å². The predicted molar refractivity (Wildman–Crippen MR) is 96.5 cm³/mol. The van der Waals surface area contributed by atoms with Gasteiger partial charge in [-0.2, -0.15) is 4.37 Å². The zero-order chi connectivity index (χ0) is 17.9. The zero-order valence-electron chi connectivity index (χ0n) is 13.8. The van der Waals surface area contributed by atoms with E-state index in [1.807, 2.05) is 26.8 Å². The SMILES string of the molecule is Cc1cc(Nc2cc(N(N)[C@@H](C=O)C(C)C)ccc2C(N)=O)sn1. The Bertz CT molecular complexity index is 744. The maximum absolute atomic E-state index is 11.7. The van der Waals surface area contributed by atoms with E-state index in [0.717, 1.165) is 17.0 Å². The molecule has 0 radical (unpaired) electrons. The monoisotopic (exact) mass is 347 g/mol. The van der Waals surface area contributed by atoms with E-state index in [0.29, 0.717) is 16.9 Å². The Labute approximate surface area is 144 Å². The number of anilines is 3. The lowest BCUT2D eigenvalue weighted by Crippen LogP contribution is -2.45. The fourth-order valence-corrected chi connectivity index (χ4v) is 2.96. The molecule has 1 amide bonds. The minimum atomic E-state index is -0.551. The quantitative estimate of drug-likeness (QED) is 0.402. The molecule has 7 nitrogen and oxygen atoms in total. The van der Waals surface area contributed by atoms with Gasteiger partial charge >= 0.3 is 0 Å². The van der Waals surface area contributed by atoms with Crippen LogP contribution in [0.3, 0.4) is 0 Å². The number of nitrogens with one attached hydrogen (secondary N) is 1. The van der Waals surface area contributed by atoms with Crippen LogP contribution in [0.25, 0.3) is 0 Å². The summed E-state index contributed by atoms with van der Waals surface area (Å²) in [5, 5.41) is 5.32. The van der Waals surface area contributed by atoms with Crippen LogP contribution in [0, 0.1) is 12.8 Å². The number of benzene rings is 1. The lowest BCUT2D eigenvalue weighted by molar-refractivity contribution is -0.109. The number of carbonyl (C=O) groups excluding carboxylic acids is 2. The molecule has 0 aliphatic rings. The molecule has 5 N–H and O–H groups in total. The van der Waals surface area contributed by atoms with Crippen LogP contribution in [0.4, 0.5) is 16.4 Å². The van der Waals surface area contributed by atoms with E-state index in [-0.39, 0.29) is 5.92 Å². The van der Waals surface area contributed by atoms with Crippen LogP contribution in [0.15, 0.2) is 24.3 Å². The largest absolute Gasteiger partial charge is 0.366 e. The van der Waals surface area contributed by atoms with E-state index in [4.69, 9.17) is 11.6 Å². The maximum atomic E-state index is 11.7. The second-order valence-corrected chi connectivity index (χ2v) is 6.63. The highest BCUT2D eigenvalue weighted by atomic mass is 32.1. The molecule has 24 heavy (non-hydrogen) atoms. The number of hydrogen-bond acceptors (Lipinski definition) is 7. The molecule has 0 aliphatic carbocycles. The Hall–Kier alpha value is -2.45.